The molecule has 0 spiro atoms. The molecular formula is C23H21ClF4N6O. The lowest BCUT2D eigenvalue weighted by atomic mass is 9.90. The highest BCUT2D eigenvalue weighted by molar-refractivity contribution is 6.31. The number of halogens is 5. The number of aryl methyl sites for hydroxylation is 1. The number of hydrogen-bond donors (Lipinski definition) is 2. The van der Waals surface area contributed by atoms with Crippen LogP contribution in [0.25, 0.3) is 10.9 Å². The van der Waals surface area contributed by atoms with Crippen molar-refractivity contribution in [3.8, 4) is 6.07 Å². The minimum Gasteiger partial charge on any atom is -0.382 e. The van der Waals surface area contributed by atoms with Gasteiger partial charge < -0.3 is 10.6 Å². The van der Waals surface area contributed by atoms with Crippen molar-refractivity contribution < 1.29 is 22.4 Å². The van der Waals surface area contributed by atoms with E-state index in [1.807, 2.05) is 6.07 Å². The van der Waals surface area contributed by atoms with Crippen LogP contribution in [0.2, 0.25) is 5.02 Å². The predicted octanol–water partition coefficient (Wildman–Crippen LogP) is 5.10. The summed E-state index contributed by atoms with van der Waals surface area (Å²) in [6.45, 7) is -0.754. The van der Waals surface area contributed by atoms with Crippen molar-refractivity contribution >= 4 is 34.1 Å². The van der Waals surface area contributed by atoms with Gasteiger partial charge in [0.1, 0.15) is 18.4 Å². The molecule has 184 valence electrons. The summed E-state index contributed by atoms with van der Waals surface area (Å²) in [4.78, 5) is 16.5. The maximum absolute atomic E-state index is 13.4. The second kappa shape index (κ2) is 10.1. The molecule has 35 heavy (non-hydrogen) atoms. The standard InChI is InChI=1S/C23H21ClF4N6O/c24-13-4-5-18-16(8-13)19(10-21(32-18)23(26,27)28)30-14-2-1-3-15(9-14)31-22(35)17-12-34(7-6-25)33-20(17)11-29/h4-5,8,10,12,14-15H,1-3,6-7,9H2,(H,30,32)(H,31,35)/t14-,15?/m0/s1. The first kappa shape index (κ1) is 24.7. The van der Waals surface area contributed by atoms with E-state index in [2.05, 4.69) is 20.7 Å². The van der Waals surface area contributed by atoms with Crippen molar-refractivity contribution in [3.63, 3.8) is 0 Å². The summed E-state index contributed by atoms with van der Waals surface area (Å²) in [5.74, 6) is -0.502. The number of nitrogens with zero attached hydrogens (tertiary/aromatic N) is 4. The van der Waals surface area contributed by atoms with Gasteiger partial charge in [0.2, 0.25) is 0 Å². The zero-order valence-electron chi connectivity index (χ0n) is 18.4. The Balaban J connectivity index is 1.52. The lowest BCUT2D eigenvalue weighted by molar-refractivity contribution is -0.140. The van der Waals surface area contributed by atoms with Crippen molar-refractivity contribution in [2.45, 2.75) is 50.5 Å². The summed E-state index contributed by atoms with van der Waals surface area (Å²) in [6.07, 6.45) is -0.740. The zero-order valence-corrected chi connectivity index (χ0v) is 19.1. The Morgan fingerprint density at radius 2 is 2.03 bits per heavy atom. The fourth-order valence-electron chi connectivity index (χ4n) is 4.27. The lowest BCUT2D eigenvalue weighted by Gasteiger charge is -2.31. The van der Waals surface area contributed by atoms with E-state index in [1.165, 1.54) is 23.0 Å². The van der Waals surface area contributed by atoms with Gasteiger partial charge in [-0.3, -0.25) is 9.48 Å². The maximum Gasteiger partial charge on any atom is 0.433 e. The summed E-state index contributed by atoms with van der Waals surface area (Å²) >= 11 is 6.07. The molecule has 0 aliphatic heterocycles. The molecule has 7 nitrogen and oxygen atoms in total. The molecule has 0 saturated heterocycles. The van der Waals surface area contributed by atoms with Crippen LogP contribution in [0.15, 0.2) is 30.5 Å². The van der Waals surface area contributed by atoms with Crippen LogP contribution >= 0.6 is 11.6 Å². The van der Waals surface area contributed by atoms with Crippen molar-refractivity contribution in [1.29, 1.82) is 5.26 Å². The molecule has 3 aromatic rings. The van der Waals surface area contributed by atoms with Crippen LogP contribution in [0.5, 0.6) is 0 Å². The highest BCUT2D eigenvalue weighted by atomic mass is 35.5. The largest absolute Gasteiger partial charge is 0.433 e. The first-order valence-corrected chi connectivity index (χ1v) is 11.3. The number of pyridine rings is 1. The zero-order chi connectivity index (χ0) is 25.2. The molecule has 1 aromatic carbocycles. The summed E-state index contributed by atoms with van der Waals surface area (Å²) in [7, 11) is 0. The van der Waals surface area contributed by atoms with Crippen LogP contribution in [0.4, 0.5) is 23.2 Å². The molecule has 1 aliphatic rings. The number of aromatic nitrogens is 3. The quantitative estimate of drug-likeness (QED) is 0.452. The van der Waals surface area contributed by atoms with Crippen molar-refractivity contribution in [3.05, 3.63) is 52.4 Å². The summed E-state index contributed by atoms with van der Waals surface area (Å²) in [5.41, 5.74) is -0.616. The molecule has 1 unspecified atom stereocenters. The van der Waals surface area contributed by atoms with Gasteiger partial charge in [0.25, 0.3) is 5.91 Å². The maximum atomic E-state index is 13.4. The monoisotopic (exact) mass is 508 g/mol. The number of rotatable bonds is 6. The summed E-state index contributed by atoms with van der Waals surface area (Å²) in [5, 5.41) is 20.0. The Kier molecular flexibility index (Phi) is 7.12. The molecule has 1 aliphatic carbocycles. The Morgan fingerprint density at radius 3 is 2.74 bits per heavy atom. The van der Waals surface area contributed by atoms with E-state index in [-0.39, 0.29) is 41.1 Å². The number of fused-ring (bicyclic) bond motifs is 1. The Hall–Kier alpha value is -3.39. The number of carbonyl (C=O) groups is 1. The number of amides is 1. The van der Waals surface area contributed by atoms with Crippen molar-refractivity contribution in [2.75, 3.05) is 12.0 Å². The normalized spacial score (nSPS) is 18.3. The van der Waals surface area contributed by atoms with Crippen LogP contribution in [0.1, 0.15) is 47.4 Å². The fraction of sp³-hybridized carbons (Fsp3) is 0.391. The third kappa shape index (κ3) is 5.65. The van der Waals surface area contributed by atoms with E-state index < -0.39 is 24.5 Å². The van der Waals surface area contributed by atoms with Crippen molar-refractivity contribution in [1.82, 2.24) is 20.1 Å². The number of hydrogen-bond acceptors (Lipinski definition) is 5. The van der Waals surface area contributed by atoms with Gasteiger partial charge >= 0.3 is 6.18 Å². The molecule has 2 aromatic heterocycles. The van der Waals surface area contributed by atoms with Crippen LogP contribution in [0, 0.1) is 11.3 Å². The van der Waals surface area contributed by atoms with E-state index in [1.54, 1.807) is 6.07 Å². The minimum atomic E-state index is -4.61. The van der Waals surface area contributed by atoms with Gasteiger partial charge in [-0.25, -0.2) is 9.37 Å². The molecule has 1 fully saturated rings. The Labute approximate surface area is 203 Å². The van der Waals surface area contributed by atoms with Crippen LogP contribution in [-0.4, -0.2) is 39.4 Å². The van der Waals surface area contributed by atoms with Gasteiger partial charge in [-0.1, -0.05) is 11.6 Å². The highest BCUT2D eigenvalue weighted by Crippen LogP contribution is 2.35. The van der Waals surface area contributed by atoms with Crippen molar-refractivity contribution in [2.24, 2.45) is 0 Å². The SMILES string of the molecule is N#Cc1nn(CCF)cc1C(=O)NC1CCC[C@H](Nc2cc(C(F)(F)F)nc3ccc(Cl)cc23)C1. The first-order chi connectivity index (χ1) is 16.7. The third-order valence-electron chi connectivity index (χ3n) is 5.86. The lowest BCUT2D eigenvalue weighted by Crippen LogP contribution is -2.42. The number of anilines is 1. The Bertz CT molecular complexity index is 1290. The van der Waals surface area contributed by atoms with Gasteiger partial charge in [0.15, 0.2) is 5.69 Å². The van der Waals surface area contributed by atoms with Crippen LogP contribution < -0.4 is 10.6 Å². The molecule has 1 saturated carbocycles. The average molecular weight is 509 g/mol. The van der Waals surface area contributed by atoms with Crippen LogP contribution in [0.3, 0.4) is 0 Å². The molecular weight excluding hydrogens is 488 g/mol. The number of nitriles is 1. The number of benzene rings is 1. The van der Waals surface area contributed by atoms with E-state index in [0.717, 1.165) is 12.5 Å². The molecule has 4 rings (SSSR count). The number of carbonyl (C=O) groups excluding carboxylic acids is 1. The second-order valence-electron chi connectivity index (χ2n) is 8.35. The first-order valence-electron chi connectivity index (χ1n) is 11.0. The van der Waals surface area contributed by atoms with Crippen LogP contribution in [-0.2, 0) is 12.7 Å². The molecule has 1 amide bonds. The van der Waals surface area contributed by atoms with Gasteiger partial charge in [-0.2, -0.15) is 23.5 Å². The Morgan fingerprint density at radius 1 is 1.26 bits per heavy atom. The number of nitrogens with one attached hydrogen (secondary N) is 2. The molecule has 2 N–H and O–H groups in total. The topological polar surface area (TPSA) is 95.6 Å². The van der Waals surface area contributed by atoms with E-state index >= 15 is 0 Å². The highest BCUT2D eigenvalue weighted by Gasteiger charge is 2.34. The number of alkyl halides is 4. The molecule has 12 heteroatoms. The van der Waals surface area contributed by atoms with Gasteiger partial charge in [-0.05, 0) is 49.9 Å². The van der Waals surface area contributed by atoms with E-state index in [0.29, 0.717) is 29.7 Å². The fourth-order valence-corrected chi connectivity index (χ4v) is 4.44. The molecule has 0 bridgehead atoms. The molecule has 2 atom stereocenters. The minimum absolute atomic E-state index is 0.0561. The average Bonchev–Trinajstić information content (AvgIpc) is 3.22. The molecule has 0 radical (unpaired) electrons. The second-order valence-corrected chi connectivity index (χ2v) is 8.78. The summed E-state index contributed by atoms with van der Waals surface area (Å²) < 4.78 is 54.1. The van der Waals surface area contributed by atoms with Gasteiger partial charge in [0, 0.05) is 34.4 Å². The van der Waals surface area contributed by atoms with E-state index in [9.17, 15) is 27.6 Å². The van der Waals surface area contributed by atoms with Gasteiger partial charge in [0.05, 0.1) is 17.6 Å². The van der Waals surface area contributed by atoms with Gasteiger partial charge in [-0.15, -0.1) is 0 Å². The molecule has 2 heterocycles. The summed E-state index contributed by atoms with van der Waals surface area (Å²) in [6, 6.07) is 6.80. The predicted molar refractivity (Wildman–Crippen MR) is 122 cm³/mol. The van der Waals surface area contributed by atoms with E-state index in [4.69, 9.17) is 11.6 Å². The smallest absolute Gasteiger partial charge is 0.382 e. The third-order valence-corrected chi connectivity index (χ3v) is 6.09.